The third-order valence-corrected chi connectivity index (χ3v) is 5.82. The molecule has 1 fully saturated rings. The molecule has 0 radical (unpaired) electrons. The van der Waals surface area contributed by atoms with Crippen molar-refractivity contribution in [3.63, 3.8) is 0 Å². The second-order valence-corrected chi connectivity index (χ2v) is 8.18. The molecule has 2 aliphatic rings. The van der Waals surface area contributed by atoms with Gasteiger partial charge in [-0.25, -0.2) is 0 Å². The zero-order valence-corrected chi connectivity index (χ0v) is 18.2. The molecule has 0 atom stereocenters. The van der Waals surface area contributed by atoms with Crippen LogP contribution in [0.1, 0.15) is 32.9 Å². The van der Waals surface area contributed by atoms with Crippen LogP contribution in [0.25, 0.3) is 11.6 Å². The second kappa shape index (κ2) is 8.56. The number of nitrogens with zero attached hydrogens (tertiary/aromatic N) is 1. The Morgan fingerprint density at radius 2 is 2.10 bits per heavy atom. The van der Waals surface area contributed by atoms with Crippen molar-refractivity contribution in [3.05, 3.63) is 51.3 Å². The van der Waals surface area contributed by atoms with Crippen LogP contribution in [0.5, 0.6) is 0 Å². The molecule has 1 saturated heterocycles. The molecule has 3 heterocycles. The molecule has 31 heavy (non-hydrogen) atoms. The van der Waals surface area contributed by atoms with Crippen LogP contribution in [0.4, 0.5) is 5.69 Å². The van der Waals surface area contributed by atoms with Crippen LogP contribution in [-0.2, 0) is 9.59 Å². The zero-order valence-electron chi connectivity index (χ0n) is 17.4. The number of hydrogen-bond donors (Lipinski definition) is 4. The van der Waals surface area contributed by atoms with Crippen LogP contribution >= 0.6 is 11.6 Å². The van der Waals surface area contributed by atoms with Gasteiger partial charge in [-0.3, -0.25) is 19.3 Å². The minimum absolute atomic E-state index is 0.00592. The summed E-state index contributed by atoms with van der Waals surface area (Å²) in [6.07, 6.45) is 1.75. The Morgan fingerprint density at radius 3 is 2.87 bits per heavy atom. The van der Waals surface area contributed by atoms with Gasteiger partial charge in [0.05, 0.1) is 17.7 Å². The highest BCUT2D eigenvalue weighted by Gasteiger charge is 2.26. The molecule has 0 unspecified atom stereocenters. The smallest absolute Gasteiger partial charge is 0.256 e. The van der Waals surface area contributed by atoms with Crippen LogP contribution in [0.15, 0.2) is 18.2 Å². The van der Waals surface area contributed by atoms with E-state index in [2.05, 4.69) is 20.9 Å². The number of halogens is 1. The van der Waals surface area contributed by atoms with Gasteiger partial charge >= 0.3 is 0 Å². The average Bonchev–Trinajstić information content (AvgIpc) is 3.17. The lowest BCUT2D eigenvalue weighted by Gasteiger charge is -2.26. The number of rotatable bonds is 5. The number of carbonyl (C=O) groups excluding carboxylic acids is 3. The Morgan fingerprint density at radius 1 is 1.29 bits per heavy atom. The van der Waals surface area contributed by atoms with Crippen LogP contribution in [0.2, 0.25) is 5.02 Å². The first-order valence-corrected chi connectivity index (χ1v) is 10.5. The minimum atomic E-state index is -0.208. The van der Waals surface area contributed by atoms with Crippen LogP contribution in [0, 0.1) is 13.8 Å². The highest BCUT2D eigenvalue weighted by molar-refractivity contribution is 6.36. The summed E-state index contributed by atoms with van der Waals surface area (Å²) in [7, 11) is 0. The first-order valence-electron chi connectivity index (χ1n) is 10.1. The van der Waals surface area contributed by atoms with Crippen LogP contribution in [0.3, 0.4) is 0 Å². The fourth-order valence-electron chi connectivity index (χ4n) is 4.01. The lowest BCUT2D eigenvalue weighted by atomic mass is 10.0. The van der Waals surface area contributed by atoms with Crippen molar-refractivity contribution in [2.45, 2.75) is 13.8 Å². The number of nitrogens with one attached hydrogen (secondary N) is 4. The van der Waals surface area contributed by atoms with Gasteiger partial charge in [0.2, 0.25) is 5.91 Å². The third-order valence-electron chi connectivity index (χ3n) is 5.59. The monoisotopic (exact) mass is 441 g/mol. The number of H-pyrrole nitrogens is 1. The average molecular weight is 442 g/mol. The van der Waals surface area contributed by atoms with Crippen molar-refractivity contribution >= 4 is 46.7 Å². The predicted octanol–water partition coefficient (Wildman–Crippen LogP) is 1.94. The summed E-state index contributed by atoms with van der Waals surface area (Å²) >= 11 is 6.10. The van der Waals surface area contributed by atoms with Gasteiger partial charge < -0.3 is 20.9 Å². The van der Waals surface area contributed by atoms with E-state index in [1.807, 2.05) is 18.7 Å². The van der Waals surface area contributed by atoms with E-state index in [1.165, 1.54) is 0 Å². The minimum Gasteiger partial charge on any atom is -0.358 e. The topological polar surface area (TPSA) is 106 Å². The maximum atomic E-state index is 12.8. The van der Waals surface area contributed by atoms with Gasteiger partial charge in [0.25, 0.3) is 11.8 Å². The molecule has 4 N–H and O–H groups in total. The molecule has 162 valence electrons. The molecular formula is C22H24ClN5O3. The summed E-state index contributed by atoms with van der Waals surface area (Å²) in [6.45, 7) is 6.49. The van der Waals surface area contributed by atoms with E-state index in [-0.39, 0.29) is 17.7 Å². The lowest BCUT2D eigenvalue weighted by Crippen LogP contribution is -2.49. The Hall–Kier alpha value is -3.10. The van der Waals surface area contributed by atoms with Gasteiger partial charge in [0.1, 0.15) is 0 Å². The molecule has 3 amide bonds. The molecule has 1 aromatic carbocycles. The number of hydrogen-bond acceptors (Lipinski definition) is 4. The molecule has 0 bridgehead atoms. The highest BCUT2D eigenvalue weighted by atomic mass is 35.5. The van der Waals surface area contributed by atoms with Crippen molar-refractivity contribution in [2.24, 2.45) is 0 Å². The van der Waals surface area contributed by atoms with Gasteiger partial charge in [-0.05, 0) is 43.7 Å². The van der Waals surface area contributed by atoms with E-state index in [4.69, 9.17) is 11.6 Å². The Bertz CT molecular complexity index is 1100. The number of anilines is 1. The third kappa shape index (κ3) is 4.35. The maximum absolute atomic E-state index is 12.8. The molecule has 2 aromatic rings. The standard InChI is InChI=1S/C22H24ClN5O3/c1-12-18(10-16-15-9-14(23)3-4-17(15)27-21(16)30)26-13(2)20(12)22(31)25-6-8-28-7-5-24-19(29)11-28/h3-4,9-10,26H,5-8,11H2,1-2H3,(H,24,29)(H,25,31)(H,27,30)/b16-10-. The first-order chi connectivity index (χ1) is 14.8. The van der Waals surface area contributed by atoms with E-state index >= 15 is 0 Å². The van der Waals surface area contributed by atoms with Crippen molar-refractivity contribution < 1.29 is 14.4 Å². The number of piperazine rings is 1. The number of aromatic amines is 1. The number of aryl methyl sites for hydroxylation is 1. The number of fused-ring (bicyclic) bond motifs is 1. The summed E-state index contributed by atoms with van der Waals surface area (Å²) in [4.78, 5) is 41.9. The van der Waals surface area contributed by atoms with E-state index < -0.39 is 0 Å². The van der Waals surface area contributed by atoms with Crippen LogP contribution < -0.4 is 16.0 Å². The summed E-state index contributed by atoms with van der Waals surface area (Å²) in [5.41, 5.74) is 4.71. The van der Waals surface area contributed by atoms with Gasteiger partial charge in [0.15, 0.2) is 0 Å². The molecule has 2 aliphatic heterocycles. The van der Waals surface area contributed by atoms with Gasteiger partial charge in [-0.2, -0.15) is 0 Å². The Balaban J connectivity index is 1.50. The van der Waals surface area contributed by atoms with Crippen molar-refractivity contribution in [3.8, 4) is 0 Å². The lowest BCUT2D eigenvalue weighted by molar-refractivity contribution is -0.124. The van der Waals surface area contributed by atoms with E-state index in [9.17, 15) is 14.4 Å². The maximum Gasteiger partial charge on any atom is 0.256 e. The summed E-state index contributed by atoms with van der Waals surface area (Å²) in [5, 5.41) is 9.09. The summed E-state index contributed by atoms with van der Waals surface area (Å²) in [5.74, 6) is -0.386. The number of amides is 3. The van der Waals surface area contributed by atoms with Gasteiger partial charge in [0, 0.05) is 53.8 Å². The fraction of sp³-hybridized carbons (Fsp3) is 0.318. The van der Waals surface area contributed by atoms with Crippen LogP contribution in [-0.4, -0.2) is 60.3 Å². The zero-order chi connectivity index (χ0) is 22.1. The summed E-state index contributed by atoms with van der Waals surface area (Å²) in [6, 6.07) is 5.25. The number of carbonyl (C=O) groups is 3. The molecule has 0 spiro atoms. The predicted molar refractivity (Wildman–Crippen MR) is 120 cm³/mol. The molecule has 8 nitrogen and oxygen atoms in total. The van der Waals surface area contributed by atoms with Crippen molar-refractivity contribution in [1.82, 2.24) is 20.5 Å². The Kier molecular flexibility index (Phi) is 5.84. The molecule has 0 aliphatic carbocycles. The van der Waals surface area contributed by atoms with Gasteiger partial charge in [-0.15, -0.1) is 0 Å². The highest BCUT2D eigenvalue weighted by Crippen LogP contribution is 2.35. The SMILES string of the molecule is Cc1[nH]c(/C=C2\C(=O)Nc3ccc(Cl)cc32)c(C)c1C(=O)NCCN1CCNC(=O)C1. The molecule has 4 rings (SSSR count). The molecule has 9 heteroatoms. The number of aromatic nitrogens is 1. The quantitative estimate of drug-likeness (QED) is 0.532. The van der Waals surface area contributed by atoms with E-state index in [1.54, 1.807) is 24.3 Å². The molecule has 0 saturated carbocycles. The van der Waals surface area contributed by atoms with Gasteiger partial charge in [-0.1, -0.05) is 11.6 Å². The van der Waals surface area contributed by atoms with Crippen molar-refractivity contribution in [1.29, 1.82) is 0 Å². The van der Waals surface area contributed by atoms with E-state index in [0.717, 1.165) is 23.4 Å². The van der Waals surface area contributed by atoms with E-state index in [0.29, 0.717) is 53.7 Å². The normalized spacial score (nSPS) is 17.5. The number of benzene rings is 1. The first kappa shape index (κ1) is 21.1. The second-order valence-electron chi connectivity index (χ2n) is 7.75. The van der Waals surface area contributed by atoms with Crippen molar-refractivity contribution in [2.75, 3.05) is 38.0 Å². The molecule has 1 aromatic heterocycles. The molecular weight excluding hydrogens is 418 g/mol. The summed E-state index contributed by atoms with van der Waals surface area (Å²) < 4.78 is 0. The fourth-order valence-corrected chi connectivity index (χ4v) is 4.18. The largest absolute Gasteiger partial charge is 0.358 e. The Labute approximate surface area is 185 Å².